The minimum atomic E-state index is -3.67. The lowest BCUT2D eigenvalue weighted by atomic mass is 9.96. The molecule has 2 aromatic rings. The molecule has 0 unspecified atom stereocenters. The van der Waals surface area contributed by atoms with Crippen LogP contribution in [0.2, 0.25) is 0 Å². The van der Waals surface area contributed by atoms with Crippen molar-refractivity contribution >= 4 is 33.2 Å². The van der Waals surface area contributed by atoms with Gasteiger partial charge in [0.2, 0.25) is 15.9 Å². The van der Waals surface area contributed by atoms with Crippen LogP contribution < -0.4 is 10.2 Å². The van der Waals surface area contributed by atoms with E-state index in [1.54, 1.807) is 48.3 Å². The first-order chi connectivity index (χ1) is 15.4. The molecule has 1 N–H and O–H groups in total. The molecule has 2 aromatic carbocycles. The van der Waals surface area contributed by atoms with Gasteiger partial charge < -0.3 is 10.2 Å². The number of carbonyl (C=O) groups is 2. The fourth-order valence-electron chi connectivity index (χ4n) is 4.45. The van der Waals surface area contributed by atoms with E-state index in [0.717, 1.165) is 44.2 Å². The monoisotopic (exact) mass is 455 g/mol. The number of sulfonamides is 1. The van der Waals surface area contributed by atoms with Crippen molar-refractivity contribution in [3.05, 3.63) is 54.1 Å². The van der Waals surface area contributed by atoms with E-state index < -0.39 is 10.0 Å². The zero-order valence-corrected chi connectivity index (χ0v) is 19.1. The highest BCUT2D eigenvalue weighted by atomic mass is 32.2. The first kappa shape index (κ1) is 22.5. The Bertz CT molecular complexity index is 1090. The lowest BCUT2D eigenvalue weighted by molar-refractivity contribution is -0.117. The van der Waals surface area contributed by atoms with E-state index in [2.05, 4.69) is 5.32 Å². The SMILES string of the molecule is CN(C1CCCCC1)S(=O)(=O)c1cccc(C(=O)Nc2ccc(N3CCCC3=O)cc2)c1. The topological polar surface area (TPSA) is 86.8 Å². The lowest BCUT2D eigenvalue weighted by Crippen LogP contribution is -2.38. The molecule has 0 radical (unpaired) electrons. The van der Waals surface area contributed by atoms with Crippen LogP contribution in [0.1, 0.15) is 55.3 Å². The number of nitrogens with one attached hydrogen (secondary N) is 1. The van der Waals surface area contributed by atoms with Crippen molar-refractivity contribution in [2.24, 2.45) is 0 Å². The molecule has 1 aliphatic carbocycles. The van der Waals surface area contributed by atoms with Crippen molar-refractivity contribution in [3.8, 4) is 0 Å². The quantitative estimate of drug-likeness (QED) is 0.713. The minimum Gasteiger partial charge on any atom is -0.322 e. The minimum absolute atomic E-state index is 0.00670. The molecule has 1 aliphatic heterocycles. The van der Waals surface area contributed by atoms with Crippen LogP contribution >= 0.6 is 0 Å². The number of nitrogens with zero attached hydrogens (tertiary/aromatic N) is 2. The Morgan fingerprint density at radius 2 is 1.75 bits per heavy atom. The summed E-state index contributed by atoms with van der Waals surface area (Å²) in [5.41, 5.74) is 1.67. The van der Waals surface area contributed by atoms with Crippen molar-refractivity contribution in [1.29, 1.82) is 0 Å². The predicted octanol–water partition coefficient (Wildman–Crippen LogP) is 4.02. The summed E-state index contributed by atoms with van der Waals surface area (Å²) in [6.07, 6.45) is 6.38. The Labute approximate surface area is 189 Å². The third kappa shape index (κ3) is 4.71. The summed E-state index contributed by atoms with van der Waals surface area (Å²) in [6, 6.07) is 13.3. The number of carbonyl (C=O) groups excluding carboxylic acids is 2. The zero-order chi connectivity index (χ0) is 22.7. The van der Waals surface area contributed by atoms with Gasteiger partial charge in [-0.25, -0.2) is 8.42 Å². The van der Waals surface area contributed by atoms with Crippen LogP contribution in [-0.2, 0) is 14.8 Å². The van der Waals surface area contributed by atoms with Gasteiger partial charge >= 0.3 is 0 Å². The molecule has 4 rings (SSSR count). The van der Waals surface area contributed by atoms with Crippen LogP contribution in [0.5, 0.6) is 0 Å². The summed E-state index contributed by atoms with van der Waals surface area (Å²) in [7, 11) is -2.04. The highest BCUT2D eigenvalue weighted by molar-refractivity contribution is 7.89. The molecule has 1 saturated heterocycles. The molecule has 170 valence electrons. The molecule has 2 amide bonds. The van der Waals surface area contributed by atoms with Crippen molar-refractivity contribution in [2.45, 2.75) is 55.9 Å². The highest BCUT2D eigenvalue weighted by Crippen LogP contribution is 2.27. The van der Waals surface area contributed by atoms with E-state index in [0.29, 0.717) is 18.7 Å². The van der Waals surface area contributed by atoms with Crippen LogP contribution in [0, 0.1) is 0 Å². The first-order valence-electron chi connectivity index (χ1n) is 11.2. The number of anilines is 2. The molecule has 32 heavy (non-hydrogen) atoms. The largest absolute Gasteiger partial charge is 0.322 e. The second-order valence-corrected chi connectivity index (χ2v) is 10.5. The van der Waals surface area contributed by atoms with Gasteiger partial charge in [0.1, 0.15) is 0 Å². The van der Waals surface area contributed by atoms with Crippen LogP contribution in [-0.4, -0.2) is 44.2 Å². The van der Waals surface area contributed by atoms with Gasteiger partial charge in [-0.2, -0.15) is 4.31 Å². The molecule has 2 fully saturated rings. The summed E-state index contributed by atoms with van der Waals surface area (Å²) < 4.78 is 27.7. The van der Waals surface area contributed by atoms with Gasteiger partial charge in [0.05, 0.1) is 4.90 Å². The van der Waals surface area contributed by atoms with Crippen LogP contribution in [0.25, 0.3) is 0 Å². The maximum Gasteiger partial charge on any atom is 0.255 e. The Balaban J connectivity index is 1.46. The van der Waals surface area contributed by atoms with Gasteiger partial charge in [-0.05, 0) is 61.7 Å². The highest BCUT2D eigenvalue weighted by Gasteiger charge is 2.29. The molecule has 1 saturated carbocycles. The summed E-state index contributed by atoms with van der Waals surface area (Å²) in [6.45, 7) is 0.709. The number of hydrogen-bond donors (Lipinski definition) is 1. The van der Waals surface area contributed by atoms with Crippen molar-refractivity contribution in [1.82, 2.24) is 4.31 Å². The van der Waals surface area contributed by atoms with Crippen molar-refractivity contribution < 1.29 is 18.0 Å². The van der Waals surface area contributed by atoms with Crippen LogP contribution in [0.3, 0.4) is 0 Å². The normalized spacial score (nSPS) is 17.7. The first-order valence-corrected chi connectivity index (χ1v) is 12.6. The lowest BCUT2D eigenvalue weighted by Gasteiger charge is -2.30. The van der Waals surface area contributed by atoms with E-state index in [1.807, 2.05) is 0 Å². The fraction of sp³-hybridized carbons (Fsp3) is 0.417. The molecule has 0 spiro atoms. The zero-order valence-electron chi connectivity index (χ0n) is 18.3. The fourth-order valence-corrected chi connectivity index (χ4v) is 5.92. The second kappa shape index (κ2) is 9.42. The Hall–Kier alpha value is -2.71. The maximum atomic E-state index is 13.1. The Morgan fingerprint density at radius 3 is 2.41 bits per heavy atom. The molecule has 0 aromatic heterocycles. The molecule has 7 nitrogen and oxygen atoms in total. The number of hydrogen-bond acceptors (Lipinski definition) is 4. The second-order valence-electron chi connectivity index (χ2n) is 8.49. The molecule has 0 bridgehead atoms. The smallest absolute Gasteiger partial charge is 0.255 e. The average Bonchev–Trinajstić information content (AvgIpc) is 3.25. The average molecular weight is 456 g/mol. The van der Waals surface area contributed by atoms with Gasteiger partial charge in [-0.15, -0.1) is 0 Å². The van der Waals surface area contributed by atoms with E-state index in [9.17, 15) is 18.0 Å². The van der Waals surface area contributed by atoms with E-state index in [4.69, 9.17) is 0 Å². The van der Waals surface area contributed by atoms with Gasteiger partial charge in [-0.3, -0.25) is 9.59 Å². The summed E-state index contributed by atoms with van der Waals surface area (Å²) >= 11 is 0. The molecule has 8 heteroatoms. The Morgan fingerprint density at radius 1 is 1.03 bits per heavy atom. The van der Waals surface area contributed by atoms with E-state index in [-0.39, 0.29) is 28.3 Å². The molecular formula is C24H29N3O4S. The maximum absolute atomic E-state index is 13.1. The van der Waals surface area contributed by atoms with Crippen LogP contribution in [0.4, 0.5) is 11.4 Å². The third-order valence-corrected chi connectivity index (χ3v) is 8.28. The van der Waals surface area contributed by atoms with Gasteiger partial charge in [0.25, 0.3) is 5.91 Å². The molecule has 1 heterocycles. The van der Waals surface area contributed by atoms with Crippen LogP contribution in [0.15, 0.2) is 53.4 Å². The Kier molecular flexibility index (Phi) is 6.62. The number of rotatable bonds is 6. The summed E-state index contributed by atoms with van der Waals surface area (Å²) in [5.74, 6) is -0.273. The van der Waals surface area contributed by atoms with Gasteiger partial charge in [0, 0.05) is 43.0 Å². The number of benzene rings is 2. The third-order valence-electron chi connectivity index (χ3n) is 6.37. The van der Waals surface area contributed by atoms with E-state index in [1.165, 1.54) is 16.4 Å². The predicted molar refractivity (Wildman–Crippen MR) is 124 cm³/mol. The number of amides is 2. The van der Waals surface area contributed by atoms with Gasteiger partial charge in [-0.1, -0.05) is 25.3 Å². The summed E-state index contributed by atoms with van der Waals surface area (Å²) in [4.78, 5) is 26.5. The summed E-state index contributed by atoms with van der Waals surface area (Å²) in [5, 5.41) is 2.81. The standard InChI is InChI=1S/C24H29N3O4S/c1-26(20-8-3-2-4-9-20)32(30,31)22-10-5-7-18(17-22)24(29)25-19-12-14-21(15-13-19)27-16-6-11-23(27)28/h5,7,10,12-15,17,20H,2-4,6,8-9,11,16H2,1H3,(H,25,29). The van der Waals surface area contributed by atoms with E-state index >= 15 is 0 Å². The molecule has 0 atom stereocenters. The van der Waals surface area contributed by atoms with Crippen molar-refractivity contribution in [3.63, 3.8) is 0 Å². The molecular weight excluding hydrogens is 426 g/mol. The van der Waals surface area contributed by atoms with Crippen molar-refractivity contribution in [2.75, 3.05) is 23.8 Å². The molecule has 2 aliphatic rings. The van der Waals surface area contributed by atoms with Gasteiger partial charge in [0.15, 0.2) is 0 Å².